The molecule has 2 aromatic heterocycles. The van der Waals surface area contributed by atoms with Gasteiger partial charge in [0.25, 0.3) is 23.6 Å². The molecule has 0 saturated heterocycles. The normalized spacial score (nSPS) is 21.7. The lowest BCUT2D eigenvalue weighted by Gasteiger charge is -2.47. The van der Waals surface area contributed by atoms with Crippen LogP contribution < -0.4 is 9.64 Å². The molecule has 2 atom stereocenters. The van der Waals surface area contributed by atoms with Crippen LogP contribution in [0.5, 0.6) is 5.75 Å². The molecule has 1 saturated carbocycles. The summed E-state index contributed by atoms with van der Waals surface area (Å²) in [5.41, 5.74) is -1.54. The van der Waals surface area contributed by atoms with Crippen molar-refractivity contribution in [2.75, 3.05) is 4.90 Å². The number of carbonyl (C=O) groups is 5. The number of alkyl halides is 6. The molecule has 2 aliphatic carbocycles. The second kappa shape index (κ2) is 20.0. The zero-order valence-corrected chi connectivity index (χ0v) is 50.6. The topological polar surface area (TPSA) is 101 Å². The number of hydrogen-bond donors (Lipinski definition) is 0. The van der Waals surface area contributed by atoms with Gasteiger partial charge in [0.2, 0.25) is 0 Å². The van der Waals surface area contributed by atoms with Crippen molar-refractivity contribution in [2.24, 2.45) is 0 Å². The van der Waals surface area contributed by atoms with Crippen LogP contribution in [0.15, 0.2) is 132 Å². The molecule has 18 heteroatoms. The molecule has 438 valence electrons. The molecule has 4 amide bonds. The van der Waals surface area contributed by atoms with Gasteiger partial charge in [-0.2, -0.15) is 26.3 Å². The average molecular weight is 1240 g/mol. The summed E-state index contributed by atoms with van der Waals surface area (Å²) in [5, 5.41) is 5.70. The summed E-state index contributed by atoms with van der Waals surface area (Å²) in [6, 6.07) is 26.9. The van der Waals surface area contributed by atoms with Crippen LogP contribution in [0.3, 0.4) is 0 Å². The van der Waals surface area contributed by atoms with Crippen molar-refractivity contribution < 1.29 is 55.1 Å². The minimum Gasteiger partial charge on any atom is -0.422 e. The summed E-state index contributed by atoms with van der Waals surface area (Å²) in [6.07, 6.45) is 12.5. The van der Waals surface area contributed by atoms with Crippen molar-refractivity contribution >= 4 is 134 Å². The molecule has 6 aromatic carbocycles. The zero-order valence-electron chi connectivity index (χ0n) is 47.3. The number of anilines is 1. The number of aryl methyl sites for hydroxylation is 1. The van der Waals surface area contributed by atoms with E-state index >= 15 is 26.3 Å². The Balaban J connectivity index is 0.725. The minimum absolute atomic E-state index is 0.0657. The Hall–Kier alpha value is -6.99. The van der Waals surface area contributed by atoms with Crippen molar-refractivity contribution in [2.45, 2.75) is 132 Å². The molecule has 6 aliphatic rings. The Morgan fingerprint density at radius 2 is 0.965 bits per heavy atom. The van der Waals surface area contributed by atoms with E-state index < -0.39 is 56.2 Å². The van der Waals surface area contributed by atoms with Gasteiger partial charge in [-0.1, -0.05) is 89.5 Å². The van der Waals surface area contributed by atoms with E-state index in [-0.39, 0.29) is 45.3 Å². The number of hydrogen-bond acceptors (Lipinski definition) is 10. The molecular weight excluding hydrogens is 1180 g/mol. The number of rotatable bonds is 16. The van der Waals surface area contributed by atoms with Gasteiger partial charge in [0.15, 0.2) is 0 Å². The van der Waals surface area contributed by atoms with Crippen LogP contribution in [0.2, 0.25) is 0 Å². The smallest absolute Gasteiger partial charge is 0.380 e. The number of halogens is 6. The summed E-state index contributed by atoms with van der Waals surface area (Å²) in [7, 11) is 0. The fourth-order valence-electron chi connectivity index (χ4n) is 14.0. The molecular formula is C68H54F6N2O6S4. The maximum atomic E-state index is 16.0. The molecule has 0 radical (unpaired) electrons. The van der Waals surface area contributed by atoms with E-state index in [1.54, 1.807) is 38.1 Å². The van der Waals surface area contributed by atoms with Crippen LogP contribution in [0.25, 0.3) is 52.9 Å². The number of esters is 1. The van der Waals surface area contributed by atoms with Gasteiger partial charge in [-0.3, -0.25) is 24.1 Å². The average Bonchev–Trinajstić information content (AvgIpc) is 1.46. The van der Waals surface area contributed by atoms with Gasteiger partial charge in [-0.25, -0.2) is 9.69 Å². The predicted molar refractivity (Wildman–Crippen MR) is 332 cm³/mol. The van der Waals surface area contributed by atoms with Crippen LogP contribution in [0.1, 0.15) is 158 Å². The van der Waals surface area contributed by atoms with Crippen molar-refractivity contribution in [3.63, 3.8) is 0 Å². The van der Waals surface area contributed by atoms with Gasteiger partial charge in [0.1, 0.15) is 10.6 Å². The van der Waals surface area contributed by atoms with Crippen LogP contribution >= 0.6 is 46.2 Å². The molecule has 8 nitrogen and oxygen atoms in total. The number of imide groups is 2. The third-order valence-electron chi connectivity index (χ3n) is 18.5. The lowest BCUT2D eigenvalue weighted by molar-refractivity contribution is -0.258. The van der Waals surface area contributed by atoms with E-state index in [1.165, 1.54) is 70.5 Å². The first-order chi connectivity index (χ1) is 41.1. The number of allylic oxidation sites excluding steroid dienone is 4. The molecule has 8 aromatic rings. The first-order valence-corrected chi connectivity index (χ1v) is 32.3. The summed E-state index contributed by atoms with van der Waals surface area (Å²) in [6.45, 7) is 9.43. The Bertz CT molecular complexity index is 4350. The molecule has 2 unspecified atom stereocenters. The van der Waals surface area contributed by atoms with Gasteiger partial charge < -0.3 is 4.74 Å². The van der Waals surface area contributed by atoms with Crippen molar-refractivity contribution in [3.05, 3.63) is 173 Å². The second-order valence-electron chi connectivity index (χ2n) is 23.5. The molecule has 4 aliphatic heterocycles. The van der Waals surface area contributed by atoms with Crippen LogP contribution in [0, 0.1) is 6.92 Å². The molecule has 6 heterocycles. The third kappa shape index (κ3) is 7.85. The second-order valence-corrected chi connectivity index (χ2v) is 28.8. The molecule has 0 N–H and O–H groups in total. The number of fused-ring (bicyclic) bond motifs is 6. The Morgan fingerprint density at radius 3 is 1.41 bits per heavy atom. The monoisotopic (exact) mass is 1240 g/mol. The van der Waals surface area contributed by atoms with E-state index in [9.17, 15) is 24.0 Å². The predicted octanol–water partition coefficient (Wildman–Crippen LogP) is 19.0. The van der Waals surface area contributed by atoms with Gasteiger partial charge >= 0.3 is 23.7 Å². The van der Waals surface area contributed by atoms with Gasteiger partial charge in [-0.05, 0) is 162 Å². The van der Waals surface area contributed by atoms with Crippen LogP contribution in [-0.4, -0.2) is 67.8 Å². The number of ether oxygens (including phenoxy) is 1. The van der Waals surface area contributed by atoms with E-state index in [2.05, 4.69) is 13.8 Å². The Labute approximate surface area is 507 Å². The largest absolute Gasteiger partial charge is 0.422 e. The number of nitrogens with zero attached hydrogens (tertiary/aromatic N) is 2. The summed E-state index contributed by atoms with van der Waals surface area (Å²) >= 11 is 4.62. The molecule has 1 fully saturated rings. The number of amides is 4. The highest BCUT2D eigenvalue weighted by Gasteiger charge is 2.84. The van der Waals surface area contributed by atoms with Crippen LogP contribution in [0.4, 0.5) is 32.0 Å². The summed E-state index contributed by atoms with van der Waals surface area (Å²) in [4.78, 5) is 77.9. The fraction of sp³-hybridized carbons (Fsp3) is 0.309. The maximum absolute atomic E-state index is 16.0. The lowest BCUT2D eigenvalue weighted by Crippen LogP contribution is -2.48. The fourth-order valence-corrected chi connectivity index (χ4v) is 19.0. The van der Waals surface area contributed by atoms with E-state index in [4.69, 9.17) is 4.74 Å². The highest BCUT2D eigenvalue weighted by atomic mass is 32.2. The molecule has 86 heavy (non-hydrogen) atoms. The van der Waals surface area contributed by atoms with Gasteiger partial charge in [-0.15, -0.1) is 46.2 Å². The number of thiophene rings is 2. The summed E-state index contributed by atoms with van der Waals surface area (Å²) in [5.74, 6) is -18.5. The van der Waals surface area contributed by atoms with E-state index in [0.29, 0.717) is 58.0 Å². The Morgan fingerprint density at radius 1 is 0.523 bits per heavy atom. The van der Waals surface area contributed by atoms with Crippen molar-refractivity contribution in [1.29, 1.82) is 0 Å². The highest BCUT2D eigenvalue weighted by molar-refractivity contribution is 8.14. The van der Waals surface area contributed by atoms with Crippen molar-refractivity contribution in [3.8, 4) is 5.75 Å². The quantitative estimate of drug-likeness (QED) is 0.0179. The van der Waals surface area contributed by atoms with Crippen molar-refractivity contribution in [1.82, 2.24) is 4.90 Å². The van der Waals surface area contributed by atoms with Gasteiger partial charge in [0.05, 0.1) is 15.2 Å². The molecule has 0 bridgehead atoms. The van der Waals surface area contributed by atoms with E-state index in [1.807, 2.05) is 49.4 Å². The lowest BCUT2D eigenvalue weighted by atomic mass is 9.71. The molecule has 14 rings (SSSR count). The molecule has 0 spiro atoms. The number of unbranched alkanes of at least 4 members (excludes halogenated alkanes) is 6. The number of thioether (sulfide) groups is 2. The minimum atomic E-state index is -5.70. The number of benzene rings is 6. The van der Waals surface area contributed by atoms with E-state index in [0.717, 1.165) is 124 Å². The maximum Gasteiger partial charge on any atom is 0.380 e. The first kappa shape index (κ1) is 56.8. The van der Waals surface area contributed by atoms with Gasteiger partial charge in [0, 0.05) is 74.7 Å². The SMILES string of the molecule is CCCCCCC(CCCCCC)N1C(=O)c2ccc3c4ccc5c6c(ccc(c7ccc(c2c37)C1=O)c64)C(=O)N(c1ccc(OC(=O)c2ccc(C3=CC4=C6C(=C7C=C(c8ccc(C)s8)SC7(C)C4(C)S3)C(F)(F)C(F)(F)C6(F)F)s2)cc1)C5=O. The van der Waals surface area contributed by atoms with Crippen LogP contribution in [-0.2, 0) is 0 Å². The standard InChI is InChI=1S/C68H54F6N2O6S4/c1-6-8-10-12-14-35(15-13-11-9-7-2)75-59(77)42-25-21-38-40-23-27-44-56-45(28-24-41(54(40)56)39-22-26-43(60(75)78)55(42)53(38)39)62(80)76(61(44)79)36-17-19-37(20-18-36)82-63(81)50-31-30-49(84-50)52-33-47-58-57(66(69,70)68(73,74)67(58,71)72)46-32-51(48-29-16-34(3)83-48)85-64(46,4)65(47,5)86-52/h16-33,35H,6-15H2,1-5H3. The number of carbonyl (C=O) groups excluding carboxylic acids is 5. The third-order valence-corrected chi connectivity index (χ3v) is 24.2. The highest BCUT2D eigenvalue weighted by Crippen LogP contribution is 2.75. The zero-order chi connectivity index (χ0) is 60.3. The summed E-state index contributed by atoms with van der Waals surface area (Å²) < 4.78 is 97.8. The first-order valence-electron chi connectivity index (χ1n) is 29.0. The Kier molecular flexibility index (Phi) is 13.2.